The molecule has 0 aromatic heterocycles. The molecule has 0 spiro atoms. The molecule has 4 atom stereocenters. The molecule has 2 aliphatic heterocycles. The fraction of sp³-hybridized carbons (Fsp3) is 0.533. The van der Waals surface area contributed by atoms with Gasteiger partial charge in [-0.2, -0.15) is 0 Å². The maximum atomic E-state index is 11.8. The predicted octanol–water partition coefficient (Wildman–Crippen LogP) is 1.17. The zero-order chi connectivity index (χ0) is 13.9. The first-order valence-electron chi connectivity index (χ1n) is 7.14. The Bertz CT molecular complexity index is 465. The summed E-state index contributed by atoms with van der Waals surface area (Å²) < 4.78 is 5.20. The van der Waals surface area contributed by atoms with E-state index >= 15 is 0 Å². The van der Waals surface area contributed by atoms with Crippen LogP contribution in [-0.4, -0.2) is 35.4 Å². The Kier molecular flexibility index (Phi) is 3.89. The van der Waals surface area contributed by atoms with Crippen LogP contribution in [-0.2, 0) is 11.3 Å². The number of fused-ring (bicyclic) bond motifs is 2. The molecule has 108 valence electrons. The molecule has 2 fully saturated rings. The van der Waals surface area contributed by atoms with E-state index in [9.17, 15) is 9.90 Å². The van der Waals surface area contributed by atoms with Gasteiger partial charge >= 0.3 is 6.09 Å². The normalized spacial score (nSPS) is 31.9. The van der Waals surface area contributed by atoms with E-state index in [-0.39, 0.29) is 18.7 Å². The average molecular weight is 276 g/mol. The third kappa shape index (κ3) is 2.94. The lowest BCUT2D eigenvalue weighted by molar-refractivity contribution is 0.0651. The van der Waals surface area contributed by atoms with Crippen LogP contribution in [0.1, 0.15) is 24.8 Å². The number of hydrogen-bond acceptors (Lipinski definition) is 4. The zero-order valence-electron chi connectivity index (χ0n) is 11.3. The summed E-state index contributed by atoms with van der Waals surface area (Å²) in [6, 6.07) is 9.86. The van der Waals surface area contributed by atoms with E-state index in [2.05, 4.69) is 10.6 Å². The van der Waals surface area contributed by atoms with Crippen molar-refractivity contribution in [3.05, 3.63) is 35.9 Å². The van der Waals surface area contributed by atoms with E-state index < -0.39 is 12.2 Å². The Morgan fingerprint density at radius 3 is 2.95 bits per heavy atom. The highest BCUT2D eigenvalue weighted by Crippen LogP contribution is 2.27. The summed E-state index contributed by atoms with van der Waals surface area (Å²) in [5, 5.41) is 16.3. The van der Waals surface area contributed by atoms with Crippen molar-refractivity contribution in [2.75, 3.05) is 0 Å². The van der Waals surface area contributed by atoms with E-state index in [1.165, 1.54) is 0 Å². The van der Waals surface area contributed by atoms with Crippen LogP contribution < -0.4 is 10.6 Å². The van der Waals surface area contributed by atoms with Gasteiger partial charge in [-0.1, -0.05) is 30.3 Å². The molecule has 2 aliphatic rings. The van der Waals surface area contributed by atoms with Crippen molar-refractivity contribution in [3.8, 4) is 0 Å². The van der Waals surface area contributed by atoms with E-state index in [4.69, 9.17) is 4.74 Å². The zero-order valence-corrected chi connectivity index (χ0v) is 11.3. The second-order valence-electron chi connectivity index (χ2n) is 5.58. The average Bonchev–Trinajstić information content (AvgIpc) is 2.86. The van der Waals surface area contributed by atoms with Gasteiger partial charge in [-0.15, -0.1) is 0 Å². The number of amides is 1. The number of nitrogens with one attached hydrogen (secondary N) is 2. The fourth-order valence-electron chi connectivity index (χ4n) is 3.12. The van der Waals surface area contributed by atoms with E-state index in [1.807, 2.05) is 30.3 Å². The molecule has 20 heavy (non-hydrogen) atoms. The van der Waals surface area contributed by atoms with Crippen LogP contribution >= 0.6 is 0 Å². The summed E-state index contributed by atoms with van der Waals surface area (Å²) in [6.07, 6.45) is 1.80. The highest BCUT2D eigenvalue weighted by atomic mass is 16.5. The van der Waals surface area contributed by atoms with Gasteiger partial charge in [0.25, 0.3) is 0 Å². The molecule has 0 saturated carbocycles. The first-order chi connectivity index (χ1) is 9.72. The van der Waals surface area contributed by atoms with E-state index in [0.29, 0.717) is 12.5 Å². The van der Waals surface area contributed by atoms with E-state index in [0.717, 1.165) is 18.4 Å². The Morgan fingerprint density at radius 2 is 2.15 bits per heavy atom. The first kappa shape index (κ1) is 13.4. The fourth-order valence-corrected chi connectivity index (χ4v) is 3.12. The second-order valence-corrected chi connectivity index (χ2v) is 5.58. The first-order valence-corrected chi connectivity index (χ1v) is 7.14. The van der Waals surface area contributed by atoms with E-state index in [1.54, 1.807) is 0 Å². The van der Waals surface area contributed by atoms with Crippen molar-refractivity contribution in [3.63, 3.8) is 0 Å². The summed E-state index contributed by atoms with van der Waals surface area (Å²) in [7, 11) is 0. The van der Waals surface area contributed by atoms with Crippen LogP contribution in [0.2, 0.25) is 0 Å². The molecule has 5 heteroatoms. The number of carbonyl (C=O) groups is 1. The third-order valence-electron chi connectivity index (χ3n) is 4.15. The molecule has 5 nitrogen and oxygen atoms in total. The SMILES string of the molecule is O=C(N[C@@H]1[C@H](O)CC2CC[C@H]1N2)OCc1ccccc1. The minimum atomic E-state index is -0.488. The lowest BCUT2D eigenvalue weighted by atomic mass is 9.97. The van der Waals surface area contributed by atoms with Gasteiger partial charge in [0.15, 0.2) is 0 Å². The van der Waals surface area contributed by atoms with Crippen LogP contribution in [0.15, 0.2) is 30.3 Å². The van der Waals surface area contributed by atoms with Crippen molar-refractivity contribution in [2.24, 2.45) is 0 Å². The standard InChI is InChI=1S/C15H20N2O3/c18-13-8-11-6-7-12(16-11)14(13)17-15(19)20-9-10-4-2-1-3-5-10/h1-5,11-14,16,18H,6-9H2,(H,17,19)/t11?,12-,13-,14+/m1/s1. The molecule has 1 unspecified atom stereocenters. The number of carbonyl (C=O) groups excluding carboxylic acids is 1. The molecule has 1 aromatic rings. The number of aliphatic hydroxyl groups excluding tert-OH is 1. The number of piperidine rings is 1. The monoisotopic (exact) mass is 276 g/mol. The Balaban J connectivity index is 1.51. The molecule has 0 radical (unpaired) electrons. The molecule has 3 N–H and O–H groups in total. The summed E-state index contributed by atoms with van der Waals surface area (Å²) in [5.74, 6) is 0. The third-order valence-corrected chi connectivity index (χ3v) is 4.15. The molecule has 2 saturated heterocycles. The van der Waals surface area contributed by atoms with Crippen molar-refractivity contribution in [1.82, 2.24) is 10.6 Å². The van der Waals surface area contributed by atoms with Gasteiger partial charge in [-0.05, 0) is 24.8 Å². The van der Waals surface area contributed by atoms with Gasteiger partial charge < -0.3 is 20.5 Å². The van der Waals surface area contributed by atoms with Crippen LogP contribution in [0.4, 0.5) is 4.79 Å². The molecule has 2 heterocycles. The quantitative estimate of drug-likeness (QED) is 0.775. The lowest BCUT2D eigenvalue weighted by Crippen LogP contribution is -2.59. The Morgan fingerprint density at radius 1 is 1.35 bits per heavy atom. The van der Waals surface area contributed by atoms with Gasteiger partial charge in [0.05, 0.1) is 12.1 Å². The Labute approximate surface area is 118 Å². The summed E-state index contributed by atoms with van der Waals surface area (Å²) in [4.78, 5) is 11.8. The number of aliphatic hydroxyl groups is 1. The molecule has 1 aromatic carbocycles. The Hall–Kier alpha value is -1.59. The van der Waals surface area contributed by atoms with Crippen LogP contribution in [0.25, 0.3) is 0 Å². The highest BCUT2D eigenvalue weighted by Gasteiger charge is 2.41. The molecule has 0 aliphatic carbocycles. The highest BCUT2D eigenvalue weighted by molar-refractivity contribution is 5.67. The second kappa shape index (κ2) is 5.81. The number of alkyl carbamates (subject to hydrolysis) is 1. The predicted molar refractivity (Wildman–Crippen MR) is 74.1 cm³/mol. The van der Waals surface area contributed by atoms with Crippen molar-refractivity contribution in [2.45, 2.75) is 50.1 Å². The molecule has 2 bridgehead atoms. The summed E-state index contributed by atoms with van der Waals surface area (Å²) in [5.41, 5.74) is 0.950. The number of hydrogen-bond donors (Lipinski definition) is 3. The van der Waals surface area contributed by atoms with Gasteiger partial charge in [-0.3, -0.25) is 0 Å². The van der Waals surface area contributed by atoms with Gasteiger partial charge in [0.2, 0.25) is 0 Å². The lowest BCUT2D eigenvalue weighted by Gasteiger charge is -2.34. The van der Waals surface area contributed by atoms with Crippen molar-refractivity contribution < 1.29 is 14.6 Å². The maximum absolute atomic E-state index is 11.8. The number of rotatable bonds is 3. The van der Waals surface area contributed by atoms with Crippen LogP contribution in [0.5, 0.6) is 0 Å². The maximum Gasteiger partial charge on any atom is 0.407 e. The molecular weight excluding hydrogens is 256 g/mol. The number of benzene rings is 1. The number of ether oxygens (including phenoxy) is 1. The van der Waals surface area contributed by atoms with Gasteiger partial charge in [0.1, 0.15) is 6.61 Å². The topological polar surface area (TPSA) is 70.6 Å². The van der Waals surface area contributed by atoms with Gasteiger partial charge in [-0.25, -0.2) is 4.79 Å². The molecule has 1 amide bonds. The van der Waals surface area contributed by atoms with Crippen molar-refractivity contribution in [1.29, 1.82) is 0 Å². The summed E-state index contributed by atoms with van der Waals surface area (Å²) in [6.45, 7) is 0.246. The minimum Gasteiger partial charge on any atom is -0.445 e. The minimum absolute atomic E-state index is 0.160. The van der Waals surface area contributed by atoms with Gasteiger partial charge in [0, 0.05) is 12.1 Å². The van der Waals surface area contributed by atoms with Crippen LogP contribution in [0.3, 0.4) is 0 Å². The largest absolute Gasteiger partial charge is 0.445 e. The molecule has 3 rings (SSSR count). The summed E-state index contributed by atoms with van der Waals surface area (Å²) >= 11 is 0. The van der Waals surface area contributed by atoms with Crippen molar-refractivity contribution >= 4 is 6.09 Å². The van der Waals surface area contributed by atoms with Crippen LogP contribution in [0, 0.1) is 0 Å². The molecular formula is C15H20N2O3. The smallest absolute Gasteiger partial charge is 0.407 e.